The number of ether oxygens (including phenoxy) is 5. The maximum Gasteiger partial charge on any atom is 0.244 e. The minimum atomic E-state index is -0.602. The first-order chi connectivity index (χ1) is 16.1. The van der Waals surface area contributed by atoms with Crippen LogP contribution < -0.4 is 29.4 Å². The number of H-pyrrole nitrogens is 1. The van der Waals surface area contributed by atoms with E-state index in [-0.39, 0.29) is 17.3 Å². The highest BCUT2D eigenvalue weighted by atomic mass is 16.5. The molecule has 0 bridgehead atoms. The monoisotopic (exact) mass is 448 g/mol. The van der Waals surface area contributed by atoms with Gasteiger partial charge in [-0.05, 0) is 31.2 Å². The Morgan fingerprint density at radius 2 is 1.88 bits per heavy atom. The quantitative estimate of drug-likeness (QED) is 0.560. The maximum absolute atomic E-state index is 9.98. The van der Waals surface area contributed by atoms with Crippen molar-refractivity contribution in [3.63, 3.8) is 0 Å². The standard InChI is InChI=1S/C24H24N4O5/c1-5-32-16-10-9-13(11-18(16)30-3)21-20-19(14-7-6-8-17(29-2)22(14)31-4)15(12-25)23(26)33-24(20)28-27-21/h6-11,19H,5,26H2,1-4H3,(H,27,28). The van der Waals surface area contributed by atoms with Crippen LogP contribution in [-0.2, 0) is 0 Å². The zero-order valence-corrected chi connectivity index (χ0v) is 18.8. The number of benzene rings is 2. The number of nitrogens with zero attached hydrogens (tertiary/aromatic N) is 2. The highest BCUT2D eigenvalue weighted by Gasteiger charge is 2.37. The summed E-state index contributed by atoms with van der Waals surface area (Å²) in [6, 6.07) is 13.2. The van der Waals surface area contributed by atoms with Crippen LogP contribution in [-0.4, -0.2) is 38.1 Å². The first-order valence-corrected chi connectivity index (χ1v) is 10.3. The fourth-order valence-electron chi connectivity index (χ4n) is 4.01. The number of nitrogens with two attached hydrogens (primary N) is 1. The molecular weight excluding hydrogens is 424 g/mol. The fourth-order valence-corrected chi connectivity index (χ4v) is 4.01. The smallest absolute Gasteiger partial charge is 0.244 e. The molecule has 0 aliphatic carbocycles. The van der Waals surface area contributed by atoms with Gasteiger partial charge >= 0.3 is 0 Å². The molecule has 2 heterocycles. The van der Waals surface area contributed by atoms with Gasteiger partial charge in [-0.25, -0.2) is 0 Å². The molecule has 0 amide bonds. The molecule has 0 radical (unpaired) electrons. The molecule has 1 atom stereocenters. The molecule has 1 unspecified atom stereocenters. The van der Waals surface area contributed by atoms with E-state index in [1.165, 1.54) is 0 Å². The highest BCUT2D eigenvalue weighted by Crippen LogP contribution is 2.50. The molecule has 3 aromatic rings. The Morgan fingerprint density at radius 3 is 2.55 bits per heavy atom. The van der Waals surface area contributed by atoms with Gasteiger partial charge in [0.2, 0.25) is 11.8 Å². The second-order valence-electron chi connectivity index (χ2n) is 7.12. The molecule has 1 aromatic heterocycles. The number of rotatable bonds is 7. The fraction of sp³-hybridized carbons (Fsp3) is 0.250. The first kappa shape index (κ1) is 21.9. The average Bonchev–Trinajstić information content (AvgIpc) is 3.26. The van der Waals surface area contributed by atoms with Gasteiger partial charge in [-0.1, -0.05) is 12.1 Å². The van der Waals surface area contributed by atoms with E-state index in [2.05, 4.69) is 16.3 Å². The molecule has 1 aliphatic rings. The number of nitrogens with one attached hydrogen (secondary N) is 1. The number of hydrogen-bond donors (Lipinski definition) is 2. The van der Waals surface area contributed by atoms with Gasteiger partial charge in [-0.15, -0.1) is 5.10 Å². The van der Waals surface area contributed by atoms with Crippen LogP contribution in [0.25, 0.3) is 11.3 Å². The SMILES string of the molecule is CCOc1ccc(-c2[nH]nc3c2C(c2cccc(OC)c2OC)C(C#N)=C(N)O3)cc1OC. The molecule has 0 spiro atoms. The van der Waals surface area contributed by atoms with E-state index in [4.69, 9.17) is 29.4 Å². The summed E-state index contributed by atoms with van der Waals surface area (Å²) in [6.45, 7) is 2.42. The van der Waals surface area contributed by atoms with Crippen molar-refractivity contribution in [1.82, 2.24) is 10.2 Å². The highest BCUT2D eigenvalue weighted by molar-refractivity contribution is 5.74. The molecule has 0 saturated carbocycles. The molecule has 9 heteroatoms. The maximum atomic E-state index is 9.98. The summed E-state index contributed by atoms with van der Waals surface area (Å²) >= 11 is 0. The minimum Gasteiger partial charge on any atom is -0.493 e. The van der Waals surface area contributed by atoms with Crippen LogP contribution in [0.5, 0.6) is 28.9 Å². The summed E-state index contributed by atoms with van der Waals surface area (Å²) in [5.74, 6) is 1.89. The van der Waals surface area contributed by atoms with Crippen LogP contribution in [0.4, 0.5) is 0 Å². The number of allylic oxidation sites excluding steroid dienone is 1. The molecule has 0 saturated heterocycles. The van der Waals surface area contributed by atoms with Crippen molar-refractivity contribution in [2.75, 3.05) is 27.9 Å². The lowest BCUT2D eigenvalue weighted by molar-refractivity contribution is 0.311. The normalized spacial score (nSPS) is 14.7. The van der Waals surface area contributed by atoms with Crippen molar-refractivity contribution >= 4 is 0 Å². The lowest BCUT2D eigenvalue weighted by atomic mass is 9.82. The molecule has 170 valence electrons. The number of para-hydroxylation sites is 1. The summed E-state index contributed by atoms with van der Waals surface area (Å²) in [6.07, 6.45) is 0. The molecule has 0 fully saturated rings. The van der Waals surface area contributed by atoms with E-state index in [0.717, 1.165) is 5.56 Å². The second kappa shape index (κ2) is 9.04. The zero-order chi connectivity index (χ0) is 23.5. The Morgan fingerprint density at radius 1 is 1.09 bits per heavy atom. The Hall–Kier alpha value is -4.32. The third kappa shape index (κ3) is 3.65. The Kier molecular flexibility index (Phi) is 6.00. The van der Waals surface area contributed by atoms with Gasteiger partial charge in [-0.3, -0.25) is 5.10 Å². The van der Waals surface area contributed by atoms with Crippen molar-refractivity contribution in [2.45, 2.75) is 12.8 Å². The van der Waals surface area contributed by atoms with Gasteiger partial charge in [-0.2, -0.15) is 5.26 Å². The Bertz CT molecular complexity index is 1260. The molecular formula is C24H24N4O5. The van der Waals surface area contributed by atoms with Gasteiger partial charge in [0.1, 0.15) is 11.6 Å². The second-order valence-corrected chi connectivity index (χ2v) is 7.12. The van der Waals surface area contributed by atoms with E-state index in [0.29, 0.717) is 46.4 Å². The molecule has 2 aromatic carbocycles. The number of fused-ring (bicyclic) bond motifs is 1. The van der Waals surface area contributed by atoms with E-state index in [1.807, 2.05) is 37.3 Å². The summed E-state index contributed by atoms with van der Waals surface area (Å²) in [7, 11) is 4.69. The number of aromatic nitrogens is 2. The van der Waals surface area contributed by atoms with Crippen molar-refractivity contribution in [2.24, 2.45) is 5.73 Å². The van der Waals surface area contributed by atoms with Gasteiger partial charge in [0.05, 0.1) is 45.1 Å². The largest absolute Gasteiger partial charge is 0.493 e. The van der Waals surface area contributed by atoms with Crippen LogP contribution >= 0.6 is 0 Å². The van der Waals surface area contributed by atoms with Crippen molar-refractivity contribution < 1.29 is 23.7 Å². The lowest BCUT2D eigenvalue weighted by Gasteiger charge is -2.26. The van der Waals surface area contributed by atoms with E-state index < -0.39 is 5.92 Å². The predicted octanol–water partition coefficient (Wildman–Crippen LogP) is 3.72. The average molecular weight is 448 g/mol. The molecule has 3 N–H and O–H groups in total. The van der Waals surface area contributed by atoms with Gasteiger partial charge in [0.15, 0.2) is 23.0 Å². The summed E-state index contributed by atoms with van der Waals surface area (Å²) < 4.78 is 28.0. The van der Waals surface area contributed by atoms with Crippen molar-refractivity contribution in [3.05, 3.63) is 59.0 Å². The minimum absolute atomic E-state index is 0.0119. The zero-order valence-electron chi connectivity index (χ0n) is 18.8. The third-order valence-electron chi connectivity index (χ3n) is 5.44. The number of aromatic amines is 1. The number of methoxy groups -OCH3 is 3. The van der Waals surface area contributed by atoms with E-state index in [9.17, 15) is 5.26 Å². The Labute approximate surface area is 191 Å². The van der Waals surface area contributed by atoms with E-state index >= 15 is 0 Å². The van der Waals surface area contributed by atoms with Crippen molar-refractivity contribution in [3.8, 4) is 46.2 Å². The third-order valence-corrected chi connectivity index (χ3v) is 5.44. The topological polar surface area (TPSA) is 125 Å². The number of hydrogen-bond acceptors (Lipinski definition) is 8. The summed E-state index contributed by atoms with van der Waals surface area (Å²) in [5.41, 5.74) is 9.13. The van der Waals surface area contributed by atoms with Gasteiger partial charge in [0, 0.05) is 11.1 Å². The Balaban J connectivity index is 1.95. The van der Waals surface area contributed by atoms with Crippen LogP contribution in [0.15, 0.2) is 47.9 Å². The molecule has 9 nitrogen and oxygen atoms in total. The van der Waals surface area contributed by atoms with Crippen LogP contribution in [0.3, 0.4) is 0 Å². The first-order valence-electron chi connectivity index (χ1n) is 10.3. The van der Waals surface area contributed by atoms with Crippen LogP contribution in [0.2, 0.25) is 0 Å². The van der Waals surface area contributed by atoms with Crippen LogP contribution in [0, 0.1) is 11.3 Å². The molecule has 33 heavy (non-hydrogen) atoms. The van der Waals surface area contributed by atoms with Crippen LogP contribution in [0.1, 0.15) is 24.0 Å². The van der Waals surface area contributed by atoms with E-state index in [1.54, 1.807) is 27.4 Å². The molecule has 4 rings (SSSR count). The van der Waals surface area contributed by atoms with Crippen molar-refractivity contribution in [1.29, 1.82) is 5.26 Å². The summed E-state index contributed by atoms with van der Waals surface area (Å²) in [4.78, 5) is 0. The number of nitriles is 1. The predicted molar refractivity (Wildman–Crippen MR) is 121 cm³/mol. The molecule has 1 aliphatic heterocycles. The van der Waals surface area contributed by atoms with Gasteiger partial charge < -0.3 is 29.4 Å². The van der Waals surface area contributed by atoms with Gasteiger partial charge in [0.25, 0.3) is 0 Å². The summed E-state index contributed by atoms with van der Waals surface area (Å²) in [5, 5.41) is 17.3. The lowest BCUT2D eigenvalue weighted by Crippen LogP contribution is -2.21.